The summed E-state index contributed by atoms with van der Waals surface area (Å²) < 4.78 is 1.38. The van der Waals surface area contributed by atoms with Crippen LogP contribution in [0, 0.1) is 11.3 Å². The maximum atomic E-state index is 13.1. The van der Waals surface area contributed by atoms with Crippen LogP contribution in [0.2, 0.25) is 0 Å². The number of nitrogens with zero attached hydrogens (tertiary/aromatic N) is 3. The van der Waals surface area contributed by atoms with Gasteiger partial charge in [-0.15, -0.1) is 0 Å². The van der Waals surface area contributed by atoms with E-state index < -0.39 is 0 Å². The highest BCUT2D eigenvalue weighted by Gasteiger charge is 2.17. The molecule has 3 aromatic carbocycles. The van der Waals surface area contributed by atoms with E-state index in [0.29, 0.717) is 29.2 Å². The molecule has 0 amide bonds. The standard InChI is InChI=1S/C24H18N4O/c25-16-20-13-7-8-14-21(20)17-26-23-15-22(18-9-3-1-4-10-18)27-28(23)24(29)19-11-5-2-6-12-19/h1-15,26H,17H2. The zero-order chi connectivity index (χ0) is 20.1. The van der Waals surface area contributed by atoms with Crippen molar-refractivity contribution in [3.63, 3.8) is 0 Å². The van der Waals surface area contributed by atoms with E-state index in [4.69, 9.17) is 0 Å². The van der Waals surface area contributed by atoms with Crippen molar-refractivity contribution >= 4 is 11.7 Å². The summed E-state index contributed by atoms with van der Waals surface area (Å²) in [4.78, 5) is 13.1. The van der Waals surface area contributed by atoms with Crippen LogP contribution in [-0.4, -0.2) is 15.7 Å². The van der Waals surface area contributed by atoms with Crippen LogP contribution >= 0.6 is 0 Å². The van der Waals surface area contributed by atoms with Gasteiger partial charge in [0.1, 0.15) is 5.82 Å². The second-order valence-electron chi connectivity index (χ2n) is 6.49. The van der Waals surface area contributed by atoms with Gasteiger partial charge in [0.2, 0.25) is 0 Å². The molecule has 5 heteroatoms. The van der Waals surface area contributed by atoms with Gasteiger partial charge in [0, 0.05) is 23.7 Å². The van der Waals surface area contributed by atoms with E-state index >= 15 is 0 Å². The Morgan fingerprint density at radius 1 is 0.931 bits per heavy atom. The Hall–Kier alpha value is -4.17. The van der Waals surface area contributed by atoms with Gasteiger partial charge in [-0.3, -0.25) is 4.79 Å². The zero-order valence-electron chi connectivity index (χ0n) is 15.6. The smallest absolute Gasteiger partial charge is 0.280 e. The molecular weight excluding hydrogens is 360 g/mol. The summed E-state index contributed by atoms with van der Waals surface area (Å²) in [5.41, 5.74) is 3.63. The van der Waals surface area contributed by atoms with Crippen molar-refractivity contribution in [1.82, 2.24) is 9.78 Å². The fourth-order valence-electron chi connectivity index (χ4n) is 3.08. The molecule has 0 fully saturated rings. The molecule has 1 aromatic heterocycles. The van der Waals surface area contributed by atoms with E-state index in [1.54, 1.807) is 18.2 Å². The number of hydrogen-bond donors (Lipinski definition) is 1. The fraction of sp³-hybridized carbons (Fsp3) is 0.0417. The van der Waals surface area contributed by atoms with Crippen LogP contribution in [0.5, 0.6) is 0 Å². The first-order chi connectivity index (χ1) is 14.3. The van der Waals surface area contributed by atoms with Gasteiger partial charge in [0.25, 0.3) is 5.91 Å². The topological polar surface area (TPSA) is 70.7 Å². The molecule has 0 atom stereocenters. The third-order valence-electron chi connectivity index (χ3n) is 4.59. The van der Waals surface area contributed by atoms with Gasteiger partial charge >= 0.3 is 0 Å². The highest BCUT2D eigenvalue weighted by Crippen LogP contribution is 2.23. The number of anilines is 1. The molecule has 0 unspecified atom stereocenters. The van der Waals surface area contributed by atoms with E-state index in [2.05, 4.69) is 16.5 Å². The molecule has 0 aliphatic carbocycles. The second kappa shape index (κ2) is 8.24. The molecule has 0 radical (unpaired) electrons. The van der Waals surface area contributed by atoms with Crippen molar-refractivity contribution in [1.29, 1.82) is 5.26 Å². The van der Waals surface area contributed by atoms with Gasteiger partial charge in [0.15, 0.2) is 0 Å². The highest BCUT2D eigenvalue weighted by molar-refractivity contribution is 5.97. The molecule has 1 heterocycles. The quantitative estimate of drug-likeness (QED) is 0.545. The molecule has 0 saturated carbocycles. The van der Waals surface area contributed by atoms with E-state index in [-0.39, 0.29) is 5.91 Å². The maximum absolute atomic E-state index is 13.1. The molecule has 4 rings (SSSR count). The summed E-state index contributed by atoms with van der Waals surface area (Å²) in [5, 5.41) is 17.1. The van der Waals surface area contributed by atoms with E-state index in [9.17, 15) is 10.1 Å². The molecule has 5 nitrogen and oxygen atoms in total. The monoisotopic (exact) mass is 378 g/mol. The third-order valence-corrected chi connectivity index (χ3v) is 4.59. The Labute approximate surface area is 168 Å². The number of rotatable bonds is 5. The third kappa shape index (κ3) is 3.92. The van der Waals surface area contributed by atoms with Crippen LogP contribution in [0.4, 0.5) is 5.82 Å². The summed E-state index contributed by atoms with van der Waals surface area (Å²) in [6, 6.07) is 30.2. The molecule has 140 valence electrons. The van der Waals surface area contributed by atoms with E-state index in [1.165, 1.54) is 4.68 Å². The predicted octanol–water partition coefficient (Wildman–Crippen LogP) is 4.72. The molecular formula is C24H18N4O. The summed E-state index contributed by atoms with van der Waals surface area (Å²) in [5.74, 6) is 0.356. The minimum Gasteiger partial charge on any atom is -0.366 e. The number of hydrogen-bond acceptors (Lipinski definition) is 4. The zero-order valence-corrected chi connectivity index (χ0v) is 15.6. The first-order valence-electron chi connectivity index (χ1n) is 9.23. The first-order valence-corrected chi connectivity index (χ1v) is 9.23. The first kappa shape index (κ1) is 18.2. The Morgan fingerprint density at radius 2 is 1.59 bits per heavy atom. The normalized spacial score (nSPS) is 10.3. The van der Waals surface area contributed by atoms with Crippen molar-refractivity contribution in [3.05, 3.63) is 108 Å². The van der Waals surface area contributed by atoms with Crippen LogP contribution in [0.25, 0.3) is 11.3 Å². The van der Waals surface area contributed by atoms with E-state index in [1.807, 2.05) is 72.8 Å². The number of benzene rings is 3. The number of nitrogens with one attached hydrogen (secondary N) is 1. The largest absolute Gasteiger partial charge is 0.366 e. The number of aromatic nitrogens is 2. The minimum atomic E-state index is -0.219. The van der Waals surface area contributed by atoms with Gasteiger partial charge in [-0.25, -0.2) is 0 Å². The van der Waals surface area contributed by atoms with Crippen LogP contribution in [0.3, 0.4) is 0 Å². The Bertz CT molecular complexity index is 1170. The van der Waals surface area contributed by atoms with Crippen molar-refractivity contribution < 1.29 is 4.79 Å². The van der Waals surface area contributed by atoms with Crippen molar-refractivity contribution in [3.8, 4) is 17.3 Å². The van der Waals surface area contributed by atoms with Crippen molar-refractivity contribution in [2.45, 2.75) is 6.54 Å². The number of carbonyl (C=O) groups excluding carboxylic acids is 1. The molecule has 0 saturated heterocycles. The van der Waals surface area contributed by atoms with Crippen LogP contribution in [0.15, 0.2) is 91.0 Å². The molecule has 0 aliphatic heterocycles. The Morgan fingerprint density at radius 3 is 2.31 bits per heavy atom. The lowest BCUT2D eigenvalue weighted by Crippen LogP contribution is -2.17. The molecule has 1 N–H and O–H groups in total. The van der Waals surface area contributed by atoms with Crippen LogP contribution in [0.1, 0.15) is 21.5 Å². The lowest BCUT2D eigenvalue weighted by molar-refractivity contribution is 0.0948. The Kier molecular flexibility index (Phi) is 5.17. The maximum Gasteiger partial charge on any atom is 0.280 e. The average Bonchev–Trinajstić information content (AvgIpc) is 3.23. The van der Waals surface area contributed by atoms with E-state index in [0.717, 1.165) is 11.1 Å². The van der Waals surface area contributed by atoms with Crippen LogP contribution in [-0.2, 0) is 6.54 Å². The van der Waals surface area contributed by atoms with Gasteiger partial charge in [-0.05, 0) is 23.8 Å². The summed E-state index contributed by atoms with van der Waals surface area (Å²) in [6.07, 6.45) is 0. The summed E-state index contributed by atoms with van der Waals surface area (Å²) >= 11 is 0. The van der Waals surface area contributed by atoms with Gasteiger partial charge in [0.05, 0.1) is 17.3 Å². The molecule has 0 bridgehead atoms. The average molecular weight is 378 g/mol. The minimum absolute atomic E-state index is 0.219. The molecule has 0 aliphatic rings. The highest BCUT2D eigenvalue weighted by atomic mass is 16.2. The number of nitriles is 1. The van der Waals surface area contributed by atoms with Gasteiger partial charge in [-0.1, -0.05) is 66.7 Å². The lowest BCUT2D eigenvalue weighted by atomic mass is 10.1. The fourth-order valence-corrected chi connectivity index (χ4v) is 3.08. The van der Waals surface area contributed by atoms with Crippen molar-refractivity contribution in [2.24, 2.45) is 0 Å². The van der Waals surface area contributed by atoms with Crippen LogP contribution < -0.4 is 5.32 Å². The van der Waals surface area contributed by atoms with Gasteiger partial charge in [-0.2, -0.15) is 15.0 Å². The molecule has 0 spiro atoms. The lowest BCUT2D eigenvalue weighted by Gasteiger charge is -2.09. The molecule has 29 heavy (non-hydrogen) atoms. The summed E-state index contributed by atoms with van der Waals surface area (Å²) in [6.45, 7) is 0.408. The second-order valence-corrected chi connectivity index (χ2v) is 6.49. The van der Waals surface area contributed by atoms with Gasteiger partial charge < -0.3 is 5.32 Å². The SMILES string of the molecule is N#Cc1ccccc1CNc1cc(-c2ccccc2)nn1C(=O)c1ccccc1. The number of carbonyl (C=O) groups is 1. The predicted molar refractivity (Wildman–Crippen MR) is 112 cm³/mol. The summed E-state index contributed by atoms with van der Waals surface area (Å²) in [7, 11) is 0. The Balaban J connectivity index is 1.70. The molecule has 4 aromatic rings. The van der Waals surface area contributed by atoms with Crippen molar-refractivity contribution in [2.75, 3.05) is 5.32 Å².